The van der Waals surface area contributed by atoms with Crippen molar-refractivity contribution < 1.29 is 8.42 Å². The number of nitrogens with one attached hydrogen (secondary N) is 1. The van der Waals surface area contributed by atoms with Crippen LogP contribution in [0.15, 0.2) is 69.6 Å². The Labute approximate surface area is 209 Å². The molecule has 34 heavy (non-hydrogen) atoms. The molecule has 9 nitrogen and oxygen atoms in total. The molecule has 2 aromatic heterocycles. The van der Waals surface area contributed by atoms with Crippen molar-refractivity contribution in [3.63, 3.8) is 0 Å². The SMILES string of the molecule is NS(=O)(=O)c1ccc(Cn2cc(CSc3nc(Cc4c(Cl)cccc4Cl)cc(=O)[nH]3)nn2)cc1. The maximum atomic E-state index is 12.1. The van der Waals surface area contributed by atoms with E-state index in [2.05, 4.69) is 20.3 Å². The molecular weight excluding hydrogens is 519 g/mol. The Kier molecular flexibility index (Phi) is 7.39. The summed E-state index contributed by atoms with van der Waals surface area (Å²) in [6.07, 6.45) is 2.10. The van der Waals surface area contributed by atoms with Gasteiger partial charge in [-0.25, -0.2) is 23.2 Å². The monoisotopic (exact) mass is 536 g/mol. The summed E-state index contributed by atoms with van der Waals surface area (Å²) in [5, 5.41) is 14.8. The van der Waals surface area contributed by atoms with Gasteiger partial charge < -0.3 is 4.98 Å². The lowest BCUT2D eigenvalue weighted by molar-refractivity contribution is 0.597. The van der Waals surface area contributed by atoms with E-state index < -0.39 is 10.0 Å². The van der Waals surface area contributed by atoms with Gasteiger partial charge >= 0.3 is 0 Å². The number of halogens is 2. The van der Waals surface area contributed by atoms with Crippen LogP contribution in [0.4, 0.5) is 0 Å². The second-order valence-corrected chi connectivity index (χ2v) is 10.6. The van der Waals surface area contributed by atoms with Gasteiger partial charge in [-0.1, -0.05) is 58.4 Å². The largest absolute Gasteiger partial charge is 0.301 e. The predicted octanol–water partition coefficient (Wildman–Crippen LogP) is 3.25. The molecule has 0 saturated carbocycles. The van der Waals surface area contributed by atoms with Gasteiger partial charge in [0.15, 0.2) is 5.16 Å². The second kappa shape index (κ2) is 10.3. The minimum absolute atomic E-state index is 0.0486. The summed E-state index contributed by atoms with van der Waals surface area (Å²) in [6, 6.07) is 12.9. The predicted molar refractivity (Wildman–Crippen MR) is 131 cm³/mol. The molecule has 2 aromatic carbocycles. The van der Waals surface area contributed by atoms with Crippen molar-refractivity contribution in [3.8, 4) is 0 Å². The summed E-state index contributed by atoms with van der Waals surface area (Å²) in [6.45, 7) is 0.408. The molecule has 0 atom stereocenters. The molecule has 0 fully saturated rings. The van der Waals surface area contributed by atoms with E-state index in [0.29, 0.717) is 50.9 Å². The third kappa shape index (κ3) is 6.24. The first-order chi connectivity index (χ1) is 16.2. The van der Waals surface area contributed by atoms with Gasteiger partial charge in [0.1, 0.15) is 0 Å². The van der Waals surface area contributed by atoms with Crippen molar-refractivity contribution in [2.24, 2.45) is 5.14 Å². The number of hydrogen-bond acceptors (Lipinski definition) is 7. The summed E-state index contributed by atoms with van der Waals surface area (Å²) in [4.78, 5) is 19.4. The van der Waals surface area contributed by atoms with E-state index in [-0.39, 0.29) is 10.5 Å². The van der Waals surface area contributed by atoms with Crippen LogP contribution in [0.1, 0.15) is 22.5 Å². The molecule has 176 valence electrons. The maximum Gasteiger partial charge on any atom is 0.251 e. The van der Waals surface area contributed by atoms with E-state index in [1.807, 2.05) is 0 Å². The first-order valence-electron chi connectivity index (χ1n) is 9.84. The van der Waals surface area contributed by atoms with Gasteiger partial charge in [-0.05, 0) is 35.4 Å². The lowest BCUT2D eigenvalue weighted by Gasteiger charge is -2.07. The fraction of sp³-hybridized carbons (Fsp3) is 0.143. The molecule has 0 bridgehead atoms. The smallest absolute Gasteiger partial charge is 0.251 e. The lowest BCUT2D eigenvalue weighted by Crippen LogP contribution is -2.12. The summed E-state index contributed by atoms with van der Waals surface area (Å²) in [5.41, 5.74) is 2.51. The standard InChI is InChI=1S/C21H18Cl2N6O3S2/c22-18-2-1-3-19(23)17(18)8-14-9-20(30)26-21(25-14)33-12-15-11-29(28-27-15)10-13-4-6-16(7-5-13)34(24,31)32/h1-7,9,11H,8,10,12H2,(H2,24,31,32)(H,25,26,30). The highest BCUT2D eigenvalue weighted by Gasteiger charge is 2.11. The van der Waals surface area contributed by atoms with Gasteiger partial charge in [0.25, 0.3) is 5.56 Å². The third-order valence-electron chi connectivity index (χ3n) is 4.73. The number of H-pyrrole nitrogens is 1. The van der Waals surface area contributed by atoms with Gasteiger partial charge in [-0.3, -0.25) is 4.79 Å². The summed E-state index contributed by atoms with van der Waals surface area (Å²) in [5.74, 6) is 0.434. The van der Waals surface area contributed by atoms with E-state index in [0.717, 1.165) is 5.56 Å². The molecule has 13 heteroatoms. The van der Waals surface area contributed by atoms with Gasteiger partial charge in [0, 0.05) is 34.5 Å². The molecule has 0 amide bonds. The minimum Gasteiger partial charge on any atom is -0.301 e. The Balaban J connectivity index is 1.41. The minimum atomic E-state index is -3.73. The highest BCUT2D eigenvalue weighted by molar-refractivity contribution is 7.98. The van der Waals surface area contributed by atoms with Crippen molar-refractivity contribution in [3.05, 3.63) is 97.6 Å². The quantitative estimate of drug-likeness (QED) is 0.260. The van der Waals surface area contributed by atoms with Crippen LogP contribution in [0, 0.1) is 0 Å². The highest BCUT2D eigenvalue weighted by Crippen LogP contribution is 2.26. The Bertz CT molecular complexity index is 1470. The average molecular weight is 537 g/mol. The third-order valence-corrected chi connectivity index (χ3v) is 7.28. The van der Waals surface area contributed by atoms with Crippen molar-refractivity contribution in [1.29, 1.82) is 0 Å². The first-order valence-corrected chi connectivity index (χ1v) is 13.1. The zero-order valence-electron chi connectivity index (χ0n) is 17.5. The lowest BCUT2D eigenvalue weighted by atomic mass is 10.1. The summed E-state index contributed by atoms with van der Waals surface area (Å²) >= 11 is 13.8. The number of benzene rings is 2. The highest BCUT2D eigenvalue weighted by atomic mass is 35.5. The fourth-order valence-electron chi connectivity index (χ4n) is 3.12. The van der Waals surface area contributed by atoms with Crippen molar-refractivity contribution in [1.82, 2.24) is 25.0 Å². The topological polar surface area (TPSA) is 137 Å². The Morgan fingerprint density at radius 2 is 1.76 bits per heavy atom. The molecule has 0 aliphatic heterocycles. The molecule has 0 radical (unpaired) electrons. The Morgan fingerprint density at radius 1 is 1.06 bits per heavy atom. The molecule has 0 aliphatic rings. The Hall–Kier alpha value is -2.70. The van der Waals surface area contributed by atoms with Crippen LogP contribution < -0.4 is 10.7 Å². The molecule has 2 heterocycles. The van der Waals surface area contributed by atoms with Gasteiger partial charge in [0.05, 0.1) is 22.8 Å². The fourth-order valence-corrected chi connectivity index (χ4v) is 4.94. The summed E-state index contributed by atoms with van der Waals surface area (Å²) < 4.78 is 24.4. The van der Waals surface area contributed by atoms with Crippen LogP contribution in [-0.2, 0) is 28.7 Å². The normalized spacial score (nSPS) is 11.6. The molecule has 0 aliphatic carbocycles. The second-order valence-electron chi connectivity index (χ2n) is 7.30. The van der Waals surface area contributed by atoms with E-state index in [9.17, 15) is 13.2 Å². The van der Waals surface area contributed by atoms with Gasteiger partial charge in [-0.15, -0.1) is 5.10 Å². The van der Waals surface area contributed by atoms with Gasteiger partial charge in [-0.2, -0.15) is 0 Å². The van der Waals surface area contributed by atoms with Crippen LogP contribution >= 0.6 is 35.0 Å². The van der Waals surface area contributed by atoms with Crippen LogP contribution in [-0.4, -0.2) is 33.4 Å². The molecule has 0 spiro atoms. The van der Waals surface area contributed by atoms with E-state index in [1.54, 1.807) is 41.2 Å². The zero-order valence-corrected chi connectivity index (χ0v) is 20.6. The zero-order chi connectivity index (χ0) is 24.3. The number of nitrogens with two attached hydrogens (primary N) is 1. The number of rotatable bonds is 8. The van der Waals surface area contributed by atoms with Crippen LogP contribution in [0.2, 0.25) is 10.0 Å². The van der Waals surface area contributed by atoms with Crippen molar-refractivity contribution >= 4 is 45.0 Å². The first kappa shape index (κ1) is 24.4. The molecular formula is C21H18Cl2N6O3S2. The number of hydrogen-bond donors (Lipinski definition) is 2. The molecule has 0 saturated heterocycles. The van der Waals surface area contributed by atoms with Gasteiger partial charge in [0.2, 0.25) is 10.0 Å². The average Bonchev–Trinajstić information content (AvgIpc) is 3.22. The number of nitrogens with zero attached hydrogens (tertiary/aromatic N) is 4. The molecule has 3 N–H and O–H groups in total. The van der Waals surface area contributed by atoms with E-state index >= 15 is 0 Å². The molecule has 4 aromatic rings. The summed E-state index contributed by atoms with van der Waals surface area (Å²) in [7, 11) is -3.73. The van der Waals surface area contributed by atoms with Crippen molar-refractivity contribution in [2.45, 2.75) is 28.8 Å². The number of sulfonamides is 1. The maximum absolute atomic E-state index is 12.1. The number of aromatic amines is 1. The van der Waals surface area contributed by atoms with Crippen LogP contribution in [0.3, 0.4) is 0 Å². The molecule has 0 unspecified atom stereocenters. The van der Waals surface area contributed by atoms with Crippen LogP contribution in [0.25, 0.3) is 0 Å². The van der Waals surface area contributed by atoms with Crippen molar-refractivity contribution in [2.75, 3.05) is 0 Å². The molecule has 4 rings (SSSR count). The number of thioether (sulfide) groups is 1. The van der Waals surface area contributed by atoms with E-state index in [1.165, 1.54) is 30.0 Å². The van der Waals surface area contributed by atoms with Crippen LogP contribution in [0.5, 0.6) is 0 Å². The number of aromatic nitrogens is 5. The Morgan fingerprint density at radius 3 is 2.44 bits per heavy atom. The van der Waals surface area contributed by atoms with E-state index in [4.69, 9.17) is 28.3 Å². The number of primary sulfonamides is 1.